The molecule has 8 atom stereocenters. The van der Waals surface area contributed by atoms with Crippen LogP contribution in [0.15, 0.2) is 60.8 Å². The first-order valence-corrected chi connectivity index (χ1v) is 25.6. The van der Waals surface area contributed by atoms with Crippen LogP contribution in [0.2, 0.25) is 0 Å². The quantitative estimate of drug-likeness (QED) is 0.0147. The zero-order valence-corrected chi connectivity index (χ0v) is 39.5. The van der Waals surface area contributed by atoms with E-state index in [-0.39, 0.29) is 12.8 Å². The first-order valence-electron chi connectivity index (χ1n) is 24.1. The number of carbonyl (C=O) groups excluding carboxylic acids is 2. The molecule has 0 aliphatic heterocycles. The van der Waals surface area contributed by atoms with Crippen molar-refractivity contribution in [1.82, 2.24) is 0 Å². The van der Waals surface area contributed by atoms with Gasteiger partial charge in [-0.05, 0) is 83.5 Å². The van der Waals surface area contributed by atoms with Crippen molar-refractivity contribution in [2.45, 2.75) is 224 Å². The predicted octanol–water partition coefficient (Wildman–Crippen LogP) is 9.73. The van der Waals surface area contributed by atoms with Crippen molar-refractivity contribution in [3.05, 3.63) is 60.8 Å². The van der Waals surface area contributed by atoms with Gasteiger partial charge in [-0.15, -0.1) is 0 Å². The van der Waals surface area contributed by atoms with Crippen molar-refractivity contribution in [2.75, 3.05) is 13.2 Å². The minimum atomic E-state index is -5.13. The molecule has 1 aliphatic carbocycles. The Balaban J connectivity index is 2.46. The Labute approximate surface area is 379 Å². The smallest absolute Gasteiger partial charge is 0.462 e. The summed E-state index contributed by atoms with van der Waals surface area (Å²) in [6.07, 6.45) is 34.1. The molecule has 13 nitrogen and oxygen atoms in total. The van der Waals surface area contributed by atoms with E-state index in [1.165, 1.54) is 70.6 Å². The Morgan fingerprint density at radius 3 is 1.33 bits per heavy atom. The number of phosphoric ester groups is 1. The van der Waals surface area contributed by atoms with E-state index in [1.807, 2.05) is 0 Å². The molecule has 0 radical (unpaired) electrons. The van der Waals surface area contributed by atoms with Crippen molar-refractivity contribution >= 4 is 19.8 Å². The largest absolute Gasteiger partial charge is 0.472 e. The van der Waals surface area contributed by atoms with Crippen LogP contribution >= 0.6 is 7.82 Å². The second-order valence-corrected chi connectivity index (χ2v) is 18.0. The second kappa shape index (κ2) is 38.8. The van der Waals surface area contributed by atoms with E-state index < -0.39 is 75.7 Å². The van der Waals surface area contributed by atoms with Gasteiger partial charge in [0.2, 0.25) is 0 Å². The van der Waals surface area contributed by atoms with Crippen LogP contribution in [0.3, 0.4) is 0 Å². The molecule has 0 spiro atoms. The number of phosphoric acid groups is 1. The Morgan fingerprint density at radius 1 is 0.492 bits per heavy atom. The van der Waals surface area contributed by atoms with Crippen LogP contribution in [0, 0.1) is 0 Å². The monoisotopic (exact) mass is 913 g/mol. The van der Waals surface area contributed by atoms with Gasteiger partial charge in [0, 0.05) is 12.8 Å². The summed E-state index contributed by atoms with van der Waals surface area (Å²) in [7, 11) is -5.13. The number of hydrogen-bond acceptors (Lipinski definition) is 12. The van der Waals surface area contributed by atoms with Gasteiger partial charge in [0.25, 0.3) is 0 Å². The maximum Gasteiger partial charge on any atom is 0.472 e. The highest BCUT2D eigenvalue weighted by Gasteiger charge is 2.51. The van der Waals surface area contributed by atoms with E-state index in [0.29, 0.717) is 12.8 Å². The first kappa shape index (κ1) is 58.6. The number of allylic oxidation sites excluding steroid dienone is 10. The molecule has 0 saturated heterocycles. The third-order valence-electron chi connectivity index (χ3n) is 10.8. The highest BCUT2D eigenvalue weighted by atomic mass is 31.2. The zero-order valence-electron chi connectivity index (χ0n) is 38.6. The summed E-state index contributed by atoms with van der Waals surface area (Å²) >= 11 is 0. The maximum absolute atomic E-state index is 12.8. The minimum absolute atomic E-state index is 0.0450. The summed E-state index contributed by atoms with van der Waals surface area (Å²) in [5.74, 6) is -1.15. The molecule has 0 aromatic carbocycles. The normalized spacial score (nSPS) is 22.2. The summed E-state index contributed by atoms with van der Waals surface area (Å²) in [5.41, 5.74) is 0. The van der Waals surface area contributed by atoms with E-state index in [0.717, 1.165) is 70.6 Å². The van der Waals surface area contributed by atoms with E-state index in [1.54, 1.807) is 0 Å². The Morgan fingerprint density at radius 2 is 0.857 bits per heavy atom. The molecule has 63 heavy (non-hydrogen) atoms. The molecular weight excluding hydrogens is 828 g/mol. The molecule has 0 aromatic heterocycles. The third kappa shape index (κ3) is 31.2. The number of aliphatic hydroxyl groups is 5. The summed E-state index contributed by atoms with van der Waals surface area (Å²) in [6, 6.07) is 0. The Hall–Kier alpha value is -2.45. The van der Waals surface area contributed by atoms with Gasteiger partial charge in [-0.1, -0.05) is 145 Å². The molecule has 14 heteroatoms. The topological polar surface area (TPSA) is 210 Å². The predicted molar refractivity (Wildman–Crippen MR) is 249 cm³/mol. The zero-order chi connectivity index (χ0) is 46.4. The lowest BCUT2D eigenvalue weighted by atomic mass is 9.85. The van der Waals surface area contributed by atoms with Gasteiger partial charge in [-0.2, -0.15) is 0 Å². The number of unbranched alkanes of at least 4 members (excludes halogenated alkanes) is 17. The number of ether oxygens (including phenoxy) is 2. The summed E-state index contributed by atoms with van der Waals surface area (Å²) < 4.78 is 33.5. The van der Waals surface area contributed by atoms with Gasteiger partial charge < -0.3 is 39.9 Å². The molecule has 6 unspecified atom stereocenters. The van der Waals surface area contributed by atoms with Gasteiger partial charge in [-0.3, -0.25) is 18.6 Å². The summed E-state index contributed by atoms with van der Waals surface area (Å²) in [5, 5.41) is 50.2. The Bertz CT molecular complexity index is 1330. The third-order valence-corrected chi connectivity index (χ3v) is 11.8. The lowest BCUT2D eigenvalue weighted by Crippen LogP contribution is -2.64. The van der Waals surface area contributed by atoms with Crippen LogP contribution in [0.1, 0.15) is 181 Å². The fourth-order valence-electron chi connectivity index (χ4n) is 6.91. The van der Waals surface area contributed by atoms with Crippen LogP contribution in [-0.2, 0) is 32.7 Å². The number of hydrogen-bond donors (Lipinski definition) is 6. The Kier molecular flexibility index (Phi) is 36.1. The molecule has 1 aliphatic rings. The van der Waals surface area contributed by atoms with E-state index in [2.05, 4.69) is 74.6 Å². The number of esters is 2. The van der Waals surface area contributed by atoms with Crippen molar-refractivity contribution in [2.24, 2.45) is 0 Å². The van der Waals surface area contributed by atoms with Crippen LogP contribution in [0.4, 0.5) is 0 Å². The maximum atomic E-state index is 12.8. The average molecular weight is 913 g/mol. The molecule has 364 valence electrons. The molecule has 0 heterocycles. The van der Waals surface area contributed by atoms with Gasteiger partial charge in [0.1, 0.15) is 43.2 Å². The molecule has 1 saturated carbocycles. The molecule has 6 N–H and O–H groups in total. The lowest BCUT2D eigenvalue weighted by Gasteiger charge is -2.41. The van der Waals surface area contributed by atoms with Crippen LogP contribution in [-0.4, -0.2) is 98.3 Å². The van der Waals surface area contributed by atoms with Crippen LogP contribution in [0.5, 0.6) is 0 Å². The van der Waals surface area contributed by atoms with E-state index in [4.69, 9.17) is 18.5 Å². The van der Waals surface area contributed by atoms with Gasteiger partial charge in [0.05, 0.1) is 6.61 Å². The van der Waals surface area contributed by atoms with Gasteiger partial charge in [0.15, 0.2) is 6.10 Å². The number of rotatable bonds is 39. The number of aliphatic hydroxyl groups excluding tert-OH is 5. The molecule has 0 amide bonds. The van der Waals surface area contributed by atoms with Crippen molar-refractivity contribution in [3.8, 4) is 0 Å². The first-order chi connectivity index (χ1) is 30.4. The summed E-state index contributed by atoms with van der Waals surface area (Å²) in [6.45, 7) is 3.21. The van der Waals surface area contributed by atoms with Crippen LogP contribution in [0.25, 0.3) is 0 Å². The standard InChI is InChI=1S/C49H85O13P/c1-3-5-7-9-11-13-15-17-19-20-21-22-24-25-27-29-31-33-35-37-42(50)59-39-41(40-60-63(57,58)62-49-47(55)45(53)44(52)46(54)48(49)56)61-43(51)38-36-34-32-30-28-26-23-18-16-14-12-10-8-6-4-2/h11-14,17-19,23,28,30,41,44-49,52-56H,3-10,15-16,20-22,24-27,29,31-40H2,1-2H3,(H,57,58)/b13-11-,14-12-,19-17-,23-18-,30-28-/t41-,44?,45-,46?,47?,48?,49?/m1/s1. The molecule has 1 rings (SSSR count). The van der Waals surface area contributed by atoms with Gasteiger partial charge >= 0.3 is 19.8 Å². The average Bonchev–Trinajstić information content (AvgIpc) is 3.26. The summed E-state index contributed by atoms with van der Waals surface area (Å²) in [4.78, 5) is 35.7. The second-order valence-electron chi connectivity index (χ2n) is 16.6. The lowest BCUT2D eigenvalue weighted by molar-refractivity contribution is -0.220. The molecule has 0 bridgehead atoms. The van der Waals surface area contributed by atoms with Crippen molar-refractivity contribution in [1.29, 1.82) is 0 Å². The fourth-order valence-corrected chi connectivity index (χ4v) is 7.88. The highest BCUT2D eigenvalue weighted by Crippen LogP contribution is 2.47. The van der Waals surface area contributed by atoms with E-state index >= 15 is 0 Å². The molecular formula is C49H85O13P. The van der Waals surface area contributed by atoms with Gasteiger partial charge in [-0.25, -0.2) is 4.57 Å². The van der Waals surface area contributed by atoms with Crippen molar-refractivity contribution in [3.63, 3.8) is 0 Å². The van der Waals surface area contributed by atoms with E-state index in [9.17, 15) is 44.6 Å². The fraction of sp³-hybridized carbons (Fsp3) is 0.755. The number of carbonyl (C=O) groups is 2. The minimum Gasteiger partial charge on any atom is -0.462 e. The van der Waals surface area contributed by atoms with Crippen molar-refractivity contribution < 1.29 is 63.1 Å². The molecule has 1 fully saturated rings. The molecule has 0 aromatic rings. The SMILES string of the molecule is CCCCC/C=C\C/C=C\C/C=C\CCCCC(=O)O[C@H](COC(=O)CCCCCCCCCCC/C=C\C/C=C\CCCCC)COP(=O)(O)OC1C(O)C(O)C(O)[C@@H](O)C1O. The van der Waals surface area contributed by atoms with Crippen LogP contribution < -0.4 is 0 Å². The highest BCUT2D eigenvalue weighted by molar-refractivity contribution is 7.47.